The SMILES string of the molecule is COc1cc(/C=N\NC(=O)[C@H](C)Oc2ccc(Cl)cc2Cl)cc(OC)c1OC. The molecule has 1 atom stereocenters. The minimum atomic E-state index is -0.823. The Morgan fingerprint density at radius 2 is 1.68 bits per heavy atom. The van der Waals surface area contributed by atoms with Gasteiger partial charge in [0.15, 0.2) is 17.6 Å². The van der Waals surface area contributed by atoms with Crippen molar-refractivity contribution < 1.29 is 23.7 Å². The van der Waals surface area contributed by atoms with Gasteiger partial charge in [0.1, 0.15) is 5.75 Å². The monoisotopic (exact) mass is 426 g/mol. The molecule has 0 aliphatic heterocycles. The Morgan fingerprint density at radius 1 is 1.04 bits per heavy atom. The van der Waals surface area contributed by atoms with Crippen molar-refractivity contribution >= 4 is 35.3 Å². The number of hydrazone groups is 1. The number of halogens is 2. The van der Waals surface area contributed by atoms with Crippen LogP contribution in [0.4, 0.5) is 0 Å². The third-order valence-corrected chi connectivity index (χ3v) is 4.17. The largest absolute Gasteiger partial charge is 0.493 e. The van der Waals surface area contributed by atoms with Crippen LogP contribution in [0.1, 0.15) is 12.5 Å². The third-order valence-electron chi connectivity index (χ3n) is 3.64. The maximum Gasteiger partial charge on any atom is 0.280 e. The number of nitrogens with one attached hydrogen (secondary N) is 1. The Kier molecular flexibility index (Phi) is 7.78. The average molecular weight is 427 g/mol. The number of hydrogen-bond acceptors (Lipinski definition) is 6. The van der Waals surface area contributed by atoms with Gasteiger partial charge in [0.25, 0.3) is 5.91 Å². The van der Waals surface area contributed by atoms with Crippen LogP contribution in [-0.2, 0) is 4.79 Å². The van der Waals surface area contributed by atoms with Gasteiger partial charge in [0.2, 0.25) is 5.75 Å². The van der Waals surface area contributed by atoms with Crippen LogP contribution >= 0.6 is 23.2 Å². The van der Waals surface area contributed by atoms with Crippen LogP contribution in [0.2, 0.25) is 10.0 Å². The van der Waals surface area contributed by atoms with E-state index in [1.807, 2.05) is 0 Å². The van der Waals surface area contributed by atoms with E-state index in [1.54, 1.807) is 31.2 Å². The summed E-state index contributed by atoms with van der Waals surface area (Å²) in [5.74, 6) is 1.32. The molecule has 7 nitrogen and oxygen atoms in total. The summed E-state index contributed by atoms with van der Waals surface area (Å²) in [4.78, 5) is 12.2. The zero-order chi connectivity index (χ0) is 20.7. The lowest BCUT2D eigenvalue weighted by molar-refractivity contribution is -0.127. The standard InChI is InChI=1S/C19H20Cl2N2O5/c1-11(28-15-6-5-13(20)9-14(15)21)19(24)23-22-10-12-7-16(25-2)18(27-4)17(8-12)26-3/h5-11H,1-4H3,(H,23,24)/b22-10-/t11-/m0/s1. The second-order valence-corrected chi connectivity index (χ2v) is 6.37. The number of amides is 1. The van der Waals surface area contributed by atoms with Gasteiger partial charge < -0.3 is 18.9 Å². The number of benzene rings is 2. The van der Waals surface area contributed by atoms with Crippen LogP contribution in [0.25, 0.3) is 0 Å². The number of rotatable bonds is 8. The normalized spacial score (nSPS) is 11.8. The Bertz CT molecular complexity index is 848. The number of ether oxygens (including phenoxy) is 4. The fraction of sp³-hybridized carbons (Fsp3) is 0.263. The van der Waals surface area contributed by atoms with Crippen LogP contribution in [0.5, 0.6) is 23.0 Å². The predicted molar refractivity (Wildman–Crippen MR) is 108 cm³/mol. The molecule has 0 aliphatic rings. The van der Waals surface area contributed by atoms with Crippen LogP contribution in [0.3, 0.4) is 0 Å². The van der Waals surface area contributed by atoms with Gasteiger partial charge in [-0.3, -0.25) is 4.79 Å². The van der Waals surface area contributed by atoms with E-state index < -0.39 is 12.0 Å². The molecule has 0 saturated carbocycles. The van der Waals surface area contributed by atoms with Crippen molar-refractivity contribution in [1.82, 2.24) is 5.43 Å². The van der Waals surface area contributed by atoms with Gasteiger partial charge in [-0.15, -0.1) is 0 Å². The van der Waals surface area contributed by atoms with Gasteiger partial charge in [-0.25, -0.2) is 5.43 Å². The highest BCUT2D eigenvalue weighted by Crippen LogP contribution is 2.37. The van der Waals surface area contributed by atoms with E-state index in [9.17, 15) is 4.79 Å². The fourth-order valence-corrected chi connectivity index (χ4v) is 2.71. The van der Waals surface area contributed by atoms with Crippen molar-refractivity contribution in [3.8, 4) is 23.0 Å². The molecule has 0 saturated heterocycles. The van der Waals surface area contributed by atoms with Gasteiger partial charge in [-0.05, 0) is 37.3 Å². The Morgan fingerprint density at radius 3 is 2.21 bits per heavy atom. The summed E-state index contributed by atoms with van der Waals surface area (Å²) < 4.78 is 21.3. The Balaban J connectivity index is 2.04. The zero-order valence-corrected chi connectivity index (χ0v) is 17.3. The Labute approximate surface area is 173 Å². The molecular formula is C19H20Cl2N2O5. The number of carbonyl (C=O) groups excluding carboxylic acids is 1. The molecule has 0 aromatic heterocycles. The molecule has 0 unspecified atom stereocenters. The first-order valence-corrected chi connectivity index (χ1v) is 8.89. The smallest absolute Gasteiger partial charge is 0.280 e. The van der Waals surface area contributed by atoms with Gasteiger partial charge in [0.05, 0.1) is 32.6 Å². The molecule has 2 aromatic carbocycles. The summed E-state index contributed by atoms with van der Waals surface area (Å²) in [6.07, 6.45) is 0.625. The first kappa shape index (κ1) is 21.7. The second kappa shape index (κ2) is 10.1. The highest BCUT2D eigenvalue weighted by atomic mass is 35.5. The first-order valence-electron chi connectivity index (χ1n) is 8.14. The molecule has 0 heterocycles. The van der Waals surface area contributed by atoms with Crippen molar-refractivity contribution in [3.05, 3.63) is 45.9 Å². The number of carbonyl (C=O) groups is 1. The average Bonchev–Trinajstić information content (AvgIpc) is 2.68. The summed E-state index contributed by atoms with van der Waals surface area (Å²) in [7, 11) is 4.55. The quantitative estimate of drug-likeness (QED) is 0.510. The van der Waals surface area contributed by atoms with Crippen molar-refractivity contribution in [3.63, 3.8) is 0 Å². The van der Waals surface area contributed by atoms with E-state index in [4.69, 9.17) is 42.1 Å². The van der Waals surface area contributed by atoms with Crippen LogP contribution in [-0.4, -0.2) is 39.6 Å². The van der Waals surface area contributed by atoms with E-state index >= 15 is 0 Å². The predicted octanol–water partition coefficient (Wildman–Crippen LogP) is 3.94. The summed E-state index contributed by atoms with van der Waals surface area (Å²) in [5.41, 5.74) is 3.05. The lowest BCUT2D eigenvalue weighted by Gasteiger charge is -2.14. The molecule has 0 bridgehead atoms. The van der Waals surface area contributed by atoms with Crippen molar-refractivity contribution in [2.24, 2.45) is 5.10 Å². The van der Waals surface area contributed by atoms with E-state index in [0.29, 0.717) is 38.6 Å². The highest BCUT2D eigenvalue weighted by molar-refractivity contribution is 6.35. The van der Waals surface area contributed by atoms with Crippen LogP contribution in [0.15, 0.2) is 35.4 Å². The topological polar surface area (TPSA) is 78.4 Å². The molecule has 0 spiro atoms. The summed E-state index contributed by atoms with van der Waals surface area (Å²) >= 11 is 11.9. The molecule has 2 rings (SSSR count). The fourth-order valence-electron chi connectivity index (χ4n) is 2.25. The summed E-state index contributed by atoms with van der Waals surface area (Å²) in [6, 6.07) is 8.14. The molecule has 28 heavy (non-hydrogen) atoms. The van der Waals surface area contributed by atoms with E-state index in [2.05, 4.69) is 10.5 Å². The Hall–Kier alpha value is -2.64. The van der Waals surface area contributed by atoms with E-state index in [0.717, 1.165) is 0 Å². The van der Waals surface area contributed by atoms with Gasteiger partial charge >= 0.3 is 0 Å². The van der Waals surface area contributed by atoms with E-state index in [1.165, 1.54) is 33.6 Å². The van der Waals surface area contributed by atoms with Gasteiger partial charge in [-0.2, -0.15) is 5.10 Å². The zero-order valence-electron chi connectivity index (χ0n) is 15.8. The summed E-state index contributed by atoms with van der Waals surface area (Å²) in [6.45, 7) is 1.58. The van der Waals surface area contributed by atoms with Gasteiger partial charge in [-0.1, -0.05) is 23.2 Å². The molecular weight excluding hydrogens is 407 g/mol. The molecule has 1 N–H and O–H groups in total. The molecule has 9 heteroatoms. The maximum absolute atomic E-state index is 12.2. The molecule has 0 fully saturated rings. The number of methoxy groups -OCH3 is 3. The van der Waals surface area contributed by atoms with Crippen LogP contribution < -0.4 is 24.4 Å². The molecule has 0 radical (unpaired) electrons. The van der Waals surface area contributed by atoms with Crippen molar-refractivity contribution in [2.75, 3.05) is 21.3 Å². The lowest BCUT2D eigenvalue weighted by Crippen LogP contribution is -2.33. The minimum absolute atomic E-state index is 0.313. The molecule has 2 aromatic rings. The molecule has 0 aliphatic carbocycles. The second-order valence-electron chi connectivity index (χ2n) is 5.53. The van der Waals surface area contributed by atoms with E-state index in [-0.39, 0.29) is 0 Å². The molecule has 1 amide bonds. The third kappa shape index (κ3) is 5.43. The van der Waals surface area contributed by atoms with Crippen molar-refractivity contribution in [2.45, 2.75) is 13.0 Å². The number of nitrogens with zero attached hydrogens (tertiary/aromatic N) is 1. The van der Waals surface area contributed by atoms with Crippen LogP contribution in [0, 0.1) is 0 Å². The highest BCUT2D eigenvalue weighted by Gasteiger charge is 2.16. The first-order chi connectivity index (χ1) is 13.4. The number of hydrogen-bond donors (Lipinski definition) is 1. The molecule has 150 valence electrons. The van der Waals surface area contributed by atoms with Gasteiger partial charge in [0, 0.05) is 10.6 Å². The van der Waals surface area contributed by atoms with Crippen molar-refractivity contribution in [1.29, 1.82) is 0 Å². The minimum Gasteiger partial charge on any atom is -0.493 e. The lowest BCUT2D eigenvalue weighted by atomic mass is 10.2. The maximum atomic E-state index is 12.2. The summed E-state index contributed by atoms with van der Waals surface area (Å²) in [5, 5.41) is 4.73.